The first-order valence-corrected chi connectivity index (χ1v) is 10.6. The predicted molar refractivity (Wildman–Crippen MR) is 101 cm³/mol. The van der Waals surface area contributed by atoms with E-state index in [1.54, 1.807) is 24.3 Å². The molecule has 8 heteroatoms. The first-order valence-electron chi connectivity index (χ1n) is 8.49. The Morgan fingerprint density at radius 2 is 1.85 bits per heavy atom. The number of ether oxygens (including phenoxy) is 1. The van der Waals surface area contributed by atoms with Crippen molar-refractivity contribution in [3.05, 3.63) is 64.9 Å². The van der Waals surface area contributed by atoms with Crippen molar-refractivity contribution in [2.75, 3.05) is 25.4 Å². The molecule has 1 saturated heterocycles. The zero-order valence-electron chi connectivity index (χ0n) is 14.5. The highest BCUT2D eigenvalue weighted by Gasteiger charge is 2.33. The van der Waals surface area contributed by atoms with E-state index in [4.69, 9.17) is 16.3 Å². The zero-order valence-corrected chi connectivity index (χ0v) is 16.0. The van der Waals surface area contributed by atoms with E-state index in [1.165, 1.54) is 29.2 Å². The topological polar surface area (TPSA) is 63.7 Å². The first-order chi connectivity index (χ1) is 12.9. The molecule has 0 aromatic heterocycles. The van der Waals surface area contributed by atoms with Crippen LogP contribution in [0.25, 0.3) is 0 Å². The van der Waals surface area contributed by atoms with E-state index >= 15 is 0 Å². The summed E-state index contributed by atoms with van der Waals surface area (Å²) in [6.07, 6.45) is 0.272. The Morgan fingerprint density at radius 3 is 2.56 bits per heavy atom. The molecule has 2 aromatic carbocycles. The lowest BCUT2D eigenvalue weighted by atomic mass is 10.1. The van der Waals surface area contributed by atoms with Crippen molar-refractivity contribution in [2.45, 2.75) is 11.7 Å². The van der Waals surface area contributed by atoms with E-state index in [9.17, 15) is 17.6 Å². The fourth-order valence-corrected chi connectivity index (χ4v) is 5.19. The molecule has 1 heterocycles. The van der Waals surface area contributed by atoms with Gasteiger partial charge in [-0.3, -0.25) is 4.79 Å². The predicted octanol–water partition coefficient (Wildman–Crippen LogP) is 3.25. The van der Waals surface area contributed by atoms with Gasteiger partial charge in [-0.05, 0) is 42.3 Å². The van der Waals surface area contributed by atoms with Gasteiger partial charge in [-0.15, -0.1) is 0 Å². The lowest BCUT2D eigenvalue weighted by Gasteiger charge is -2.20. The minimum Gasteiger partial charge on any atom is -0.484 e. The summed E-state index contributed by atoms with van der Waals surface area (Å²) in [5, 5.41) is -0.326. The lowest BCUT2D eigenvalue weighted by Crippen LogP contribution is -2.37. The highest BCUT2D eigenvalue weighted by atomic mass is 35.5. The second-order valence-corrected chi connectivity index (χ2v) is 9.00. The van der Waals surface area contributed by atoms with Crippen LogP contribution in [0.3, 0.4) is 0 Å². The van der Waals surface area contributed by atoms with Crippen molar-refractivity contribution >= 4 is 27.3 Å². The van der Waals surface area contributed by atoms with Crippen LogP contribution in [0, 0.1) is 5.82 Å². The van der Waals surface area contributed by atoms with Crippen LogP contribution in [-0.4, -0.2) is 44.7 Å². The maximum absolute atomic E-state index is 12.9. The van der Waals surface area contributed by atoms with Crippen LogP contribution < -0.4 is 4.74 Å². The molecular formula is C19H19ClFNO4S. The van der Waals surface area contributed by atoms with Gasteiger partial charge in [0.2, 0.25) is 0 Å². The van der Waals surface area contributed by atoms with E-state index in [-0.39, 0.29) is 31.2 Å². The van der Waals surface area contributed by atoms with Gasteiger partial charge in [-0.1, -0.05) is 29.8 Å². The van der Waals surface area contributed by atoms with Crippen molar-refractivity contribution in [1.29, 1.82) is 0 Å². The number of hydrogen-bond acceptors (Lipinski definition) is 4. The third-order valence-electron chi connectivity index (χ3n) is 4.52. The number of benzene rings is 2. The Balaban J connectivity index is 1.67. The Morgan fingerprint density at radius 1 is 1.15 bits per heavy atom. The minimum absolute atomic E-state index is 0.106. The average Bonchev–Trinajstić information content (AvgIpc) is 2.80. The summed E-state index contributed by atoms with van der Waals surface area (Å²) in [6, 6.07) is 12.2. The molecular weight excluding hydrogens is 393 g/mol. The SMILES string of the molecule is O=C(COc1ccc(F)cc1)N1CC[C@H](c2ccccc2Cl)S(=O)(=O)CC1. The van der Waals surface area contributed by atoms with E-state index in [0.29, 0.717) is 22.9 Å². The Hall–Kier alpha value is -2.12. The van der Waals surface area contributed by atoms with Crippen LogP contribution in [0.4, 0.5) is 4.39 Å². The molecule has 0 spiro atoms. The monoisotopic (exact) mass is 411 g/mol. The van der Waals surface area contributed by atoms with Gasteiger partial charge in [0, 0.05) is 18.1 Å². The maximum Gasteiger partial charge on any atom is 0.260 e. The maximum atomic E-state index is 12.9. The van der Waals surface area contributed by atoms with Gasteiger partial charge in [0.15, 0.2) is 16.4 Å². The molecule has 2 aromatic rings. The number of amides is 1. The smallest absolute Gasteiger partial charge is 0.260 e. The average molecular weight is 412 g/mol. The molecule has 1 atom stereocenters. The zero-order chi connectivity index (χ0) is 19.4. The highest BCUT2D eigenvalue weighted by Crippen LogP contribution is 2.33. The van der Waals surface area contributed by atoms with Crippen LogP contribution in [-0.2, 0) is 14.6 Å². The van der Waals surface area contributed by atoms with Crippen LogP contribution in [0.2, 0.25) is 5.02 Å². The Kier molecular flexibility index (Phi) is 6.01. The molecule has 0 aliphatic carbocycles. The Labute approximate surface area is 162 Å². The van der Waals surface area contributed by atoms with Crippen LogP contribution in [0.15, 0.2) is 48.5 Å². The lowest BCUT2D eigenvalue weighted by molar-refractivity contribution is -0.133. The van der Waals surface area contributed by atoms with Gasteiger partial charge in [-0.2, -0.15) is 0 Å². The largest absolute Gasteiger partial charge is 0.484 e. The van der Waals surface area contributed by atoms with Crippen molar-refractivity contribution in [3.8, 4) is 5.75 Å². The van der Waals surface area contributed by atoms with Crippen LogP contribution >= 0.6 is 11.6 Å². The normalized spacial score (nSPS) is 19.3. The van der Waals surface area contributed by atoms with E-state index in [1.807, 2.05) is 0 Å². The molecule has 144 valence electrons. The first kappa shape index (κ1) is 19.6. The van der Waals surface area contributed by atoms with Gasteiger partial charge in [-0.25, -0.2) is 12.8 Å². The third-order valence-corrected chi connectivity index (χ3v) is 6.97. The molecule has 0 bridgehead atoms. The molecule has 27 heavy (non-hydrogen) atoms. The number of carbonyl (C=O) groups is 1. The van der Waals surface area contributed by atoms with Gasteiger partial charge in [0.1, 0.15) is 11.6 Å². The van der Waals surface area contributed by atoms with E-state index in [2.05, 4.69) is 0 Å². The number of hydrogen-bond donors (Lipinski definition) is 0. The number of nitrogens with zero attached hydrogens (tertiary/aromatic N) is 1. The summed E-state index contributed by atoms with van der Waals surface area (Å²) < 4.78 is 43.6. The fourth-order valence-electron chi connectivity index (χ4n) is 3.05. The molecule has 3 rings (SSSR count). The van der Waals surface area contributed by atoms with Crippen molar-refractivity contribution in [3.63, 3.8) is 0 Å². The van der Waals surface area contributed by atoms with Crippen molar-refractivity contribution < 1.29 is 22.3 Å². The minimum atomic E-state index is -3.43. The van der Waals surface area contributed by atoms with Crippen molar-refractivity contribution in [1.82, 2.24) is 4.90 Å². The molecule has 1 aliphatic rings. The second kappa shape index (κ2) is 8.27. The highest BCUT2D eigenvalue weighted by molar-refractivity contribution is 7.91. The molecule has 0 saturated carbocycles. The van der Waals surface area contributed by atoms with E-state index < -0.39 is 20.9 Å². The van der Waals surface area contributed by atoms with Gasteiger partial charge in [0.25, 0.3) is 5.91 Å². The molecule has 0 unspecified atom stereocenters. The number of carbonyl (C=O) groups excluding carboxylic acids is 1. The third kappa shape index (κ3) is 4.78. The quantitative estimate of drug-likeness (QED) is 0.774. The van der Waals surface area contributed by atoms with Gasteiger partial charge < -0.3 is 9.64 Å². The number of rotatable bonds is 4. The van der Waals surface area contributed by atoms with Gasteiger partial charge in [0.05, 0.1) is 11.0 Å². The van der Waals surface area contributed by atoms with E-state index in [0.717, 1.165) is 0 Å². The summed E-state index contributed by atoms with van der Waals surface area (Å²) >= 11 is 6.17. The standard InChI is InChI=1S/C19H19ClFNO4S/c20-17-4-2-1-3-16(17)18-9-10-22(11-12-27(18,24)25)19(23)13-26-15-7-5-14(21)6-8-15/h1-8,18H,9-13H2/t18-/m1/s1. The number of sulfone groups is 1. The molecule has 5 nitrogen and oxygen atoms in total. The molecule has 1 aliphatic heterocycles. The number of halogens is 2. The Bertz CT molecular complexity index is 918. The van der Waals surface area contributed by atoms with Crippen LogP contribution in [0.5, 0.6) is 5.75 Å². The summed E-state index contributed by atoms with van der Waals surface area (Å²) in [5.74, 6) is -0.460. The second-order valence-electron chi connectivity index (χ2n) is 6.29. The van der Waals surface area contributed by atoms with Crippen molar-refractivity contribution in [2.24, 2.45) is 0 Å². The van der Waals surface area contributed by atoms with Gasteiger partial charge >= 0.3 is 0 Å². The summed E-state index contributed by atoms with van der Waals surface area (Å²) in [5.41, 5.74) is 0.566. The summed E-state index contributed by atoms with van der Waals surface area (Å²) in [6.45, 7) is 0.165. The summed E-state index contributed by atoms with van der Waals surface area (Å²) in [4.78, 5) is 13.9. The molecule has 1 amide bonds. The molecule has 0 radical (unpaired) electrons. The fraction of sp³-hybridized carbons (Fsp3) is 0.316. The summed E-state index contributed by atoms with van der Waals surface area (Å²) in [7, 11) is -3.43. The molecule has 1 fully saturated rings. The van der Waals surface area contributed by atoms with Crippen LogP contribution in [0.1, 0.15) is 17.2 Å². The molecule has 0 N–H and O–H groups in total.